The van der Waals surface area contributed by atoms with Gasteiger partial charge in [-0.05, 0) is 68.4 Å². The van der Waals surface area contributed by atoms with Gasteiger partial charge in [0.05, 0.1) is 225 Å². The zero-order chi connectivity index (χ0) is 93.6. The van der Waals surface area contributed by atoms with Gasteiger partial charge in [-0.25, -0.2) is 14.8 Å². The maximum absolute atomic E-state index is 14.5. The van der Waals surface area contributed by atoms with Gasteiger partial charge in [-0.1, -0.05) is 50.6 Å². The number of carbonyl (C=O) groups excluding carboxylic acids is 9. The van der Waals surface area contributed by atoms with E-state index in [1.54, 1.807) is 13.3 Å². The Labute approximate surface area is 749 Å². The van der Waals surface area contributed by atoms with Crippen LogP contribution in [0.15, 0.2) is 60.9 Å². The van der Waals surface area contributed by atoms with Crippen molar-refractivity contribution in [2.24, 2.45) is 5.92 Å². The molecule has 10 unspecified atom stereocenters. The van der Waals surface area contributed by atoms with Crippen LogP contribution in [0, 0.1) is 5.92 Å². The molecule has 2 aromatic carbocycles. The summed E-state index contributed by atoms with van der Waals surface area (Å²) in [6, 6.07) is 10.3. The summed E-state index contributed by atoms with van der Waals surface area (Å²) in [5.41, 5.74) is 2.06. The van der Waals surface area contributed by atoms with Gasteiger partial charge < -0.3 is 153 Å². The smallest absolute Gasteiger partial charge is 0.413 e. The van der Waals surface area contributed by atoms with Crippen LogP contribution in [0.1, 0.15) is 84.1 Å². The number of aldehydes is 1. The fourth-order valence-corrected chi connectivity index (χ4v) is 12.4. The molecule has 129 heavy (non-hydrogen) atoms. The number of imide groups is 1. The molecule has 15 N–H and O–H groups in total. The molecule has 44 heteroatoms. The largest absolute Gasteiger partial charge is 0.463 e. The zero-order valence-corrected chi connectivity index (χ0v) is 74.0. The second-order valence-corrected chi connectivity index (χ2v) is 30.0. The Morgan fingerprint density at radius 3 is 1.61 bits per heavy atom. The lowest BCUT2D eigenvalue weighted by Gasteiger charge is -2.32. The molecule has 0 aliphatic carbocycles. The Hall–Kier alpha value is -8.63. The molecule has 1 fully saturated rings. The molecule has 728 valence electrons. The van der Waals surface area contributed by atoms with Crippen molar-refractivity contribution in [2.45, 2.75) is 153 Å². The number of aliphatic hydroxyl groups excluding tert-OH is 9. The molecule has 0 spiro atoms. The number of hydrogen-bond acceptors (Lipinski definition) is 36. The van der Waals surface area contributed by atoms with Crippen LogP contribution in [0.2, 0.25) is 0 Å². The minimum Gasteiger partial charge on any atom is -0.463 e. The standard InChI is InChI=1S/C85H135N11O33/c1-4-10-77(110)95(59-100)19-9-5-6-13-73(106)87-51-75(108)88-52-76(109)90-67(84(113)92-66-47-61(14-15-72(66)129-78-49-62(101)48-63(56-99)128-78)57-127-85(114)93-83-79-80(96(58-89-79)53-60(2)3)64-11-7-8-12-65(64)91-83)50-86-74(107)18-23-115-25-27-117-29-31-119-33-35-121-37-39-123-41-43-125-45-46-126-44-42-124-40-38-122-36-34-120-32-30-118-28-26-116-24-20-94(54-70(104)81(111)68(102)16-21-97)55-71(105)82(112)69(103)17-22-98/h4,7-8,10-12,14-15,47,56,58-60,62-63,67-71,78,81-82,97-98,101-105,111-112H,5-6,9,13,16-46,48-55,57H2,1-3H3,(H,86,107)(H,87,106)(H,88,108)(H,90,109)(H,92,113)(H,91,93,114)/b10-4-. The second-order valence-electron chi connectivity index (χ2n) is 30.0. The molecule has 0 radical (unpaired) electrons. The Morgan fingerprint density at radius 1 is 0.581 bits per heavy atom. The van der Waals surface area contributed by atoms with Crippen molar-refractivity contribution < 1.29 is 160 Å². The molecule has 0 bridgehead atoms. The number of amides is 8. The van der Waals surface area contributed by atoms with E-state index in [0.29, 0.717) is 161 Å². The summed E-state index contributed by atoms with van der Waals surface area (Å²) in [7, 11) is 0. The van der Waals surface area contributed by atoms with Crippen molar-refractivity contribution >= 4 is 87.7 Å². The van der Waals surface area contributed by atoms with E-state index >= 15 is 0 Å². The monoisotopic (exact) mass is 1840 g/mol. The van der Waals surface area contributed by atoms with Crippen LogP contribution in [0.5, 0.6) is 5.75 Å². The van der Waals surface area contributed by atoms with E-state index in [1.807, 2.05) is 28.8 Å². The maximum atomic E-state index is 14.5. The summed E-state index contributed by atoms with van der Waals surface area (Å²) in [5, 5.41) is 106. The second kappa shape index (κ2) is 67.5. The molecule has 1 saturated heterocycles. The predicted molar refractivity (Wildman–Crippen MR) is 462 cm³/mol. The van der Waals surface area contributed by atoms with Crippen LogP contribution >= 0.6 is 0 Å². The van der Waals surface area contributed by atoms with E-state index in [4.69, 9.17) is 81.3 Å². The fourth-order valence-electron chi connectivity index (χ4n) is 12.4. The number of aromatic nitrogens is 3. The molecular formula is C85H135N11O33. The lowest BCUT2D eigenvalue weighted by molar-refractivity contribution is -0.175. The molecule has 1 aliphatic heterocycles. The van der Waals surface area contributed by atoms with Crippen LogP contribution in [-0.4, -0.2) is 403 Å². The average Bonchev–Trinajstić information content (AvgIpc) is 1.62. The number of imidazole rings is 1. The summed E-state index contributed by atoms with van der Waals surface area (Å²) in [6.07, 6.45) is -6.75. The summed E-state index contributed by atoms with van der Waals surface area (Å²) >= 11 is 0. The van der Waals surface area contributed by atoms with Gasteiger partial charge in [-0.2, -0.15) is 0 Å². The van der Waals surface area contributed by atoms with Crippen LogP contribution in [-0.2, 0) is 118 Å². The number of aliphatic hydroxyl groups is 9. The van der Waals surface area contributed by atoms with Crippen molar-refractivity contribution in [2.75, 3.05) is 228 Å². The van der Waals surface area contributed by atoms with Gasteiger partial charge in [-0.3, -0.25) is 48.7 Å². The number of hydrogen-bond donors (Lipinski definition) is 15. The van der Waals surface area contributed by atoms with E-state index < -0.39 is 136 Å². The summed E-state index contributed by atoms with van der Waals surface area (Å²) in [4.78, 5) is 127. The third kappa shape index (κ3) is 47.3. The highest BCUT2D eigenvalue weighted by Gasteiger charge is 2.33. The Morgan fingerprint density at radius 2 is 1.09 bits per heavy atom. The van der Waals surface area contributed by atoms with Gasteiger partial charge in [0.15, 0.2) is 5.82 Å². The SMILES string of the molecule is C/C=C\C(=O)N(C=O)CCCCCC(=O)NCC(=O)NCC(=O)NC(CNC(=O)CCOCCOCCOCCOCCOCCOCCOCCOCCOCCOCCOCCOCCN(CC(O)C(O)C(O)CCO)CC(O)C(O)C(O)CCO)C(=O)Nc1cc(COC(=O)Nc2nc3ccccc3c3c2ncn3CC(C)C)ccc1OC1CC(O)CC(C=O)O1. The van der Waals surface area contributed by atoms with Crippen LogP contribution in [0.25, 0.3) is 21.9 Å². The molecule has 0 saturated carbocycles. The first-order valence-corrected chi connectivity index (χ1v) is 43.5. The fraction of sp³-hybridized carbons (Fsp3) is 0.682. The number of fused-ring (bicyclic) bond motifs is 3. The highest BCUT2D eigenvalue weighted by Crippen LogP contribution is 2.32. The van der Waals surface area contributed by atoms with Gasteiger partial charge in [0.25, 0.3) is 5.91 Å². The van der Waals surface area contributed by atoms with Gasteiger partial charge in [0.1, 0.15) is 48.5 Å². The lowest BCUT2D eigenvalue weighted by atomic mass is 10.0. The van der Waals surface area contributed by atoms with E-state index in [0.717, 1.165) is 15.8 Å². The number of allylic oxidation sites excluding steroid dienone is 1. The topological polar surface area (TPSA) is 584 Å². The Balaban J connectivity index is 0.925. The number of unbranched alkanes of at least 4 members (excludes halogenated alkanes) is 2. The van der Waals surface area contributed by atoms with E-state index in [-0.39, 0.29) is 147 Å². The molecule has 5 rings (SSSR count). The highest BCUT2D eigenvalue weighted by atomic mass is 16.7. The van der Waals surface area contributed by atoms with Crippen LogP contribution < -0.4 is 36.6 Å². The number of carbonyl (C=O) groups is 9. The minimum absolute atomic E-state index is 0.0130. The normalized spacial score (nSPS) is 15.7. The number of anilines is 2. The van der Waals surface area contributed by atoms with Crippen molar-refractivity contribution in [1.29, 1.82) is 0 Å². The van der Waals surface area contributed by atoms with Crippen LogP contribution in [0.3, 0.4) is 0 Å². The van der Waals surface area contributed by atoms with Gasteiger partial charge >= 0.3 is 6.09 Å². The molecule has 10 atom stereocenters. The molecule has 3 heterocycles. The summed E-state index contributed by atoms with van der Waals surface area (Å²) < 4.78 is 86.2. The number of benzene rings is 2. The first-order chi connectivity index (χ1) is 62.5. The number of nitrogens with one attached hydrogen (secondary N) is 6. The quantitative estimate of drug-likeness (QED) is 0.0131. The number of rotatable bonds is 76. The van der Waals surface area contributed by atoms with E-state index in [9.17, 15) is 78.9 Å². The predicted octanol–water partition coefficient (Wildman–Crippen LogP) is -1.85. The molecular weight excluding hydrogens is 1700 g/mol. The van der Waals surface area contributed by atoms with Gasteiger partial charge in [-0.15, -0.1) is 0 Å². The zero-order valence-electron chi connectivity index (χ0n) is 74.0. The molecule has 1 aliphatic rings. The minimum atomic E-state index is -1.59. The lowest BCUT2D eigenvalue weighted by Crippen LogP contribution is -2.53. The number of pyridine rings is 1. The highest BCUT2D eigenvalue weighted by molar-refractivity contribution is 6.09. The maximum Gasteiger partial charge on any atom is 0.413 e. The van der Waals surface area contributed by atoms with Gasteiger partial charge in [0, 0.05) is 83.6 Å². The first-order valence-electron chi connectivity index (χ1n) is 43.5. The Bertz CT molecular complexity index is 3830. The summed E-state index contributed by atoms with van der Waals surface area (Å²) in [6.45, 7) is 10.4. The number of nitrogens with zero attached hydrogens (tertiary/aromatic N) is 5. The van der Waals surface area contributed by atoms with Crippen LogP contribution in [0.4, 0.5) is 16.3 Å². The van der Waals surface area contributed by atoms with Gasteiger partial charge in [0.2, 0.25) is 42.2 Å². The van der Waals surface area contributed by atoms with Crippen molar-refractivity contribution in [1.82, 2.24) is 45.6 Å². The molecule has 8 amide bonds. The number of ether oxygens (including phenoxy) is 15. The molecule has 2 aromatic heterocycles. The third-order valence-corrected chi connectivity index (χ3v) is 19.1. The molecule has 4 aromatic rings. The first kappa shape index (κ1) is 111. The van der Waals surface area contributed by atoms with Crippen molar-refractivity contribution in [3.63, 3.8) is 0 Å². The van der Waals surface area contributed by atoms with Crippen molar-refractivity contribution in [3.8, 4) is 5.75 Å². The number of para-hydroxylation sites is 1. The van der Waals surface area contributed by atoms with Crippen molar-refractivity contribution in [3.05, 3.63) is 66.5 Å². The Kier molecular flexibility index (Phi) is 58.1. The average molecular weight is 1840 g/mol. The summed E-state index contributed by atoms with van der Waals surface area (Å²) in [5.74, 6) is -3.66. The molecule has 44 nitrogen and oxygen atoms in total. The van der Waals surface area contributed by atoms with E-state index in [1.165, 1.54) is 35.3 Å². The third-order valence-electron chi connectivity index (χ3n) is 19.1. The van der Waals surface area contributed by atoms with E-state index in [2.05, 4.69) is 55.7 Å².